The van der Waals surface area contributed by atoms with E-state index in [4.69, 9.17) is 0 Å². The number of benzene rings is 3. The summed E-state index contributed by atoms with van der Waals surface area (Å²) in [6.45, 7) is 19.6. The van der Waals surface area contributed by atoms with Gasteiger partial charge in [0.25, 0.3) is 0 Å². The molecule has 0 aromatic heterocycles. The third-order valence-corrected chi connectivity index (χ3v) is 43.0. The number of nitrogens with zero attached hydrogens (tertiary/aromatic N) is 4. The van der Waals surface area contributed by atoms with E-state index < -0.39 is 4.49 Å². The molecule has 1 spiro atoms. The van der Waals surface area contributed by atoms with E-state index in [2.05, 4.69) is 158 Å². The van der Waals surface area contributed by atoms with Crippen LogP contribution < -0.4 is 8.92 Å². The second-order valence-electron chi connectivity index (χ2n) is 12.3. The summed E-state index contributed by atoms with van der Waals surface area (Å²) in [6.07, 6.45) is 0. The molecule has 3 aromatic carbocycles. The van der Waals surface area contributed by atoms with Gasteiger partial charge in [0.15, 0.2) is 0 Å². The number of hydrogen-bond donors (Lipinski definition) is 0. The Kier molecular flexibility index (Phi) is 6.02. The second-order valence-corrected chi connectivity index (χ2v) is 37.6. The zero-order chi connectivity index (χ0) is 27.8. The van der Waals surface area contributed by atoms with Crippen LogP contribution in [0.15, 0.2) is 84.9 Å². The Morgan fingerprint density at radius 3 is 1.15 bits per heavy atom. The molecule has 0 aliphatic carbocycles. The van der Waals surface area contributed by atoms with Gasteiger partial charge < -0.3 is 0 Å². The third kappa shape index (κ3) is 2.91. The molecule has 0 saturated heterocycles. The standard InChI is InChI=1S/C32H42N4Se2Si/c1-23(2)33-31(27-17-11-9-12-18-27)34(24(3)4)39(33,37-29-21-15-16-22-30(29)38-39)35(25(5)6)32(36(39)26(7)8)28-19-13-10-14-20-28/h9-26H,1-8H3. The zero-order valence-electron chi connectivity index (χ0n) is 24.5. The van der Waals surface area contributed by atoms with Crippen LogP contribution in [0.1, 0.15) is 66.5 Å². The van der Waals surface area contributed by atoms with E-state index in [0.29, 0.717) is 24.2 Å². The van der Waals surface area contributed by atoms with Crippen LogP contribution in [0, 0.1) is 0 Å². The molecule has 0 fully saturated rings. The molecule has 0 amide bonds. The average Bonchev–Trinajstić information content (AvgIpc) is 3.23. The van der Waals surface area contributed by atoms with Crippen LogP contribution in [0.2, 0.25) is 0 Å². The molecule has 6 rings (SSSR count). The first kappa shape index (κ1) is 27.0. The van der Waals surface area contributed by atoms with Gasteiger partial charge in [-0.3, -0.25) is 0 Å². The van der Waals surface area contributed by atoms with Gasteiger partial charge in [-0.25, -0.2) is 0 Å². The molecule has 3 heterocycles. The summed E-state index contributed by atoms with van der Waals surface area (Å²) in [5.41, 5.74) is 2.69. The Balaban J connectivity index is 1.87. The molecule has 0 bridgehead atoms. The van der Waals surface area contributed by atoms with Crippen molar-refractivity contribution in [2.24, 2.45) is 0 Å². The molecule has 3 aromatic rings. The molecule has 0 atom stereocenters. The molecule has 3 aliphatic rings. The molecule has 0 saturated carbocycles. The van der Waals surface area contributed by atoms with Gasteiger partial charge in [0.05, 0.1) is 0 Å². The maximum absolute atomic E-state index is 4.10. The van der Waals surface area contributed by atoms with Gasteiger partial charge in [-0.1, -0.05) is 0 Å². The van der Waals surface area contributed by atoms with E-state index in [-0.39, 0.29) is 28.6 Å². The van der Waals surface area contributed by atoms with E-state index in [9.17, 15) is 0 Å². The van der Waals surface area contributed by atoms with E-state index in [1.165, 1.54) is 22.8 Å². The number of hydrogen-bond acceptors (Lipinski definition) is 2. The molecule has 0 radical (unpaired) electrons. The van der Waals surface area contributed by atoms with Gasteiger partial charge in [0.2, 0.25) is 0 Å². The van der Waals surface area contributed by atoms with Gasteiger partial charge in [-0.2, -0.15) is 0 Å². The van der Waals surface area contributed by atoms with Gasteiger partial charge >= 0.3 is 247 Å². The summed E-state index contributed by atoms with van der Waals surface area (Å²) in [5.74, 6) is 2.87. The summed E-state index contributed by atoms with van der Waals surface area (Å²) >= 11 is 0.483. The second kappa shape index (κ2) is 8.68. The predicted molar refractivity (Wildman–Crippen MR) is 169 cm³/mol. The zero-order valence-corrected chi connectivity index (χ0v) is 28.9. The minimum atomic E-state index is -4.10. The van der Waals surface area contributed by atoms with Crippen LogP contribution in [0.5, 0.6) is 0 Å². The average molecular weight is 669 g/mol. The monoisotopic (exact) mass is 670 g/mol. The van der Waals surface area contributed by atoms with E-state index in [1.54, 1.807) is 8.92 Å². The van der Waals surface area contributed by atoms with Crippen molar-refractivity contribution in [1.82, 2.24) is 9.13 Å². The SMILES string of the molecule is CC(C)N1C(c2ccccc2)=[N+](C(C)C)[Si-2]123([Se]c1ccccc1[Se]2)N(C(C)C)C(c1ccccc1)=[N+]3C(C)C. The summed E-state index contributed by atoms with van der Waals surface area (Å²) < 4.78 is 11.3. The van der Waals surface area contributed by atoms with Crippen molar-refractivity contribution in [1.29, 1.82) is 0 Å². The predicted octanol–water partition coefficient (Wildman–Crippen LogP) is 3.88. The molecular weight excluding hydrogens is 626 g/mol. The summed E-state index contributed by atoms with van der Waals surface area (Å²) in [5, 5.41) is 0. The molecule has 7 heteroatoms. The fourth-order valence-corrected chi connectivity index (χ4v) is 57.7. The number of fused-ring (bicyclic) bond motifs is 1. The quantitative estimate of drug-likeness (QED) is 0.370. The van der Waals surface area contributed by atoms with Crippen molar-refractivity contribution in [3.05, 3.63) is 96.1 Å². The first-order chi connectivity index (χ1) is 18.6. The third-order valence-electron chi connectivity index (χ3n) is 8.64. The van der Waals surface area contributed by atoms with E-state index in [0.717, 1.165) is 0 Å². The van der Waals surface area contributed by atoms with Gasteiger partial charge in [0, 0.05) is 0 Å². The normalized spacial score (nSPS) is 22.3. The summed E-state index contributed by atoms with van der Waals surface area (Å²) in [6, 6.07) is 33.4. The van der Waals surface area contributed by atoms with Crippen molar-refractivity contribution in [3.63, 3.8) is 0 Å². The Morgan fingerprint density at radius 1 is 0.513 bits per heavy atom. The number of amidine groups is 2. The molecule has 0 N–H and O–H groups in total. The van der Waals surface area contributed by atoms with Crippen LogP contribution in [0.3, 0.4) is 0 Å². The van der Waals surface area contributed by atoms with Gasteiger partial charge in [-0.15, -0.1) is 0 Å². The van der Waals surface area contributed by atoms with Crippen molar-refractivity contribution >= 4 is 53.7 Å². The van der Waals surface area contributed by atoms with E-state index >= 15 is 0 Å². The van der Waals surface area contributed by atoms with Gasteiger partial charge in [-0.05, 0) is 0 Å². The van der Waals surface area contributed by atoms with Crippen molar-refractivity contribution in [2.75, 3.05) is 0 Å². The summed E-state index contributed by atoms with van der Waals surface area (Å²) in [7, 11) is 0. The Hall–Kier alpha value is -2.14. The van der Waals surface area contributed by atoms with E-state index in [1.807, 2.05) is 0 Å². The molecule has 206 valence electrons. The van der Waals surface area contributed by atoms with Crippen LogP contribution in [0.4, 0.5) is 0 Å². The van der Waals surface area contributed by atoms with Crippen molar-refractivity contribution < 1.29 is 8.48 Å². The number of rotatable bonds is 6. The van der Waals surface area contributed by atoms with Crippen molar-refractivity contribution in [2.45, 2.75) is 79.6 Å². The minimum absolute atomic E-state index is 0.242. The summed E-state index contributed by atoms with van der Waals surface area (Å²) in [4.78, 5) is 0. The van der Waals surface area contributed by atoms with Crippen LogP contribution in [-0.2, 0) is 0 Å². The first-order valence-corrected chi connectivity index (χ1v) is 23.9. The molecular formula is C32H42N4Se2Si. The van der Waals surface area contributed by atoms with Crippen LogP contribution in [-0.4, -0.2) is 86.6 Å². The Morgan fingerprint density at radius 2 is 0.846 bits per heavy atom. The maximum atomic E-state index is 3.04. The Labute approximate surface area is 245 Å². The first-order valence-electron chi connectivity index (χ1n) is 14.4. The molecule has 3 aliphatic heterocycles. The Bertz CT molecular complexity index is 1410. The van der Waals surface area contributed by atoms with Crippen LogP contribution >= 0.6 is 0 Å². The van der Waals surface area contributed by atoms with Gasteiger partial charge in [0.1, 0.15) is 0 Å². The fourth-order valence-electron chi connectivity index (χ4n) is 8.21. The molecule has 0 unspecified atom stereocenters. The van der Waals surface area contributed by atoms with Crippen LogP contribution in [0.25, 0.3) is 0 Å². The molecule has 39 heavy (non-hydrogen) atoms. The topological polar surface area (TPSA) is 12.5 Å². The fraction of sp³-hybridized carbons (Fsp3) is 0.375. The molecule has 4 nitrogen and oxygen atoms in total. The van der Waals surface area contributed by atoms with Crippen molar-refractivity contribution in [3.8, 4) is 0 Å².